The van der Waals surface area contributed by atoms with Gasteiger partial charge in [-0.2, -0.15) is 0 Å². The molecule has 2 rings (SSSR count). The van der Waals surface area contributed by atoms with Gasteiger partial charge >= 0.3 is 0 Å². The van der Waals surface area contributed by atoms with E-state index in [-0.39, 0.29) is 0 Å². The summed E-state index contributed by atoms with van der Waals surface area (Å²) in [4.78, 5) is 2.65. The molecule has 0 N–H and O–H groups in total. The van der Waals surface area contributed by atoms with Crippen molar-refractivity contribution < 1.29 is 0 Å². The van der Waals surface area contributed by atoms with Crippen LogP contribution in [0.25, 0.3) is 0 Å². The fraction of sp³-hybridized carbons (Fsp3) is 0.733. The van der Waals surface area contributed by atoms with E-state index >= 15 is 0 Å². The summed E-state index contributed by atoms with van der Waals surface area (Å²) in [5, 5.41) is 0. The van der Waals surface area contributed by atoms with Crippen molar-refractivity contribution in [2.24, 2.45) is 5.92 Å². The lowest BCUT2D eigenvalue weighted by atomic mass is 9.83. The van der Waals surface area contributed by atoms with Gasteiger partial charge in [-0.1, -0.05) is 23.8 Å². The minimum atomic E-state index is 0.688. The molecule has 1 unspecified atom stereocenters. The third-order valence-corrected chi connectivity index (χ3v) is 4.37. The molecule has 1 aliphatic carbocycles. The van der Waals surface area contributed by atoms with Crippen molar-refractivity contribution in [1.29, 1.82) is 0 Å². The second-order valence-corrected chi connectivity index (χ2v) is 5.52. The molecule has 0 aromatic carbocycles. The molecular weight excluding hydrogens is 194 g/mol. The molecule has 1 saturated heterocycles. The first-order valence-corrected chi connectivity index (χ1v) is 6.77. The van der Waals surface area contributed by atoms with Crippen molar-refractivity contribution >= 4 is 0 Å². The largest absolute Gasteiger partial charge is 0.297 e. The van der Waals surface area contributed by atoms with Crippen LogP contribution in [0.3, 0.4) is 0 Å². The molecule has 0 aromatic rings. The summed E-state index contributed by atoms with van der Waals surface area (Å²) in [6, 6.07) is 0.688. The third kappa shape index (κ3) is 2.57. The molecule has 1 fully saturated rings. The van der Waals surface area contributed by atoms with Gasteiger partial charge in [0.05, 0.1) is 0 Å². The zero-order valence-electron chi connectivity index (χ0n) is 10.8. The quantitative estimate of drug-likeness (QED) is 0.653. The first kappa shape index (κ1) is 11.9. The molecule has 0 bridgehead atoms. The van der Waals surface area contributed by atoms with Crippen LogP contribution in [0.15, 0.2) is 23.8 Å². The molecular formula is C15H25N. The van der Waals surface area contributed by atoms with Crippen molar-refractivity contribution in [3.63, 3.8) is 0 Å². The van der Waals surface area contributed by atoms with E-state index in [1.807, 2.05) is 0 Å². The fourth-order valence-corrected chi connectivity index (χ4v) is 3.04. The summed E-state index contributed by atoms with van der Waals surface area (Å²) in [5.41, 5.74) is 3.04. The Morgan fingerprint density at radius 3 is 2.62 bits per heavy atom. The SMILES string of the molecule is C=C(C)[C@@H]1CC=C(C(C)N2CCCC2)CC1. The van der Waals surface area contributed by atoms with Crippen LogP contribution in [0.2, 0.25) is 0 Å². The van der Waals surface area contributed by atoms with Gasteiger partial charge in [-0.25, -0.2) is 0 Å². The zero-order valence-corrected chi connectivity index (χ0v) is 10.8. The van der Waals surface area contributed by atoms with E-state index in [0.717, 1.165) is 5.92 Å². The molecule has 1 heterocycles. The Kier molecular flexibility index (Phi) is 3.86. The fourth-order valence-electron chi connectivity index (χ4n) is 3.04. The summed E-state index contributed by atoms with van der Waals surface area (Å²) in [5.74, 6) is 0.745. The zero-order chi connectivity index (χ0) is 11.5. The first-order chi connectivity index (χ1) is 7.68. The van der Waals surface area contributed by atoms with E-state index < -0.39 is 0 Å². The number of allylic oxidation sites excluding steroid dienone is 2. The van der Waals surface area contributed by atoms with Crippen LogP contribution >= 0.6 is 0 Å². The highest BCUT2D eigenvalue weighted by Gasteiger charge is 2.24. The molecule has 0 spiro atoms. The monoisotopic (exact) mass is 219 g/mol. The van der Waals surface area contributed by atoms with Gasteiger partial charge in [-0.3, -0.25) is 4.90 Å². The summed E-state index contributed by atoms with van der Waals surface area (Å²) >= 11 is 0. The standard InChI is InChI=1S/C15H25N/c1-12(2)14-6-8-15(9-7-14)13(3)16-10-4-5-11-16/h8,13-14H,1,4-7,9-11H2,2-3H3/t13?,14-/m1/s1. The molecule has 0 aromatic heterocycles. The predicted molar refractivity (Wildman–Crippen MR) is 70.5 cm³/mol. The van der Waals surface area contributed by atoms with Crippen molar-refractivity contribution in [2.75, 3.05) is 13.1 Å². The van der Waals surface area contributed by atoms with Crippen LogP contribution in [0.1, 0.15) is 46.0 Å². The maximum Gasteiger partial charge on any atom is 0.0279 e. The third-order valence-electron chi connectivity index (χ3n) is 4.37. The molecule has 16 heavy (non-hydrogen) atoms. The van der Waals surface area contributed by atoms with E-state index in [0.29, 0.717) is 6.04 Å². The normalized spacial score (nSPS) is 28.9. The number of hydrogen-bond acceptors (Lipinski definition) is 1. The Balaban J connectivity index is 1.93. The first-order valence-electron chi connectivity index (χ1n) is 6.77. The van der Waals surface area contributed by atoms with Crippen LogP contribution in [-0.2, 0) is 0 Å². The van der Waals surface area contributed by atoms with Crippen molar-refractivity contribution in [3.8, 4) is 0 Å². The number of likely N-dealkylation sites (tertiary alicyclic amines) is 1. The highest BCUT2D eigenvalue weighted by molar-refractivity contribution is 5.17. The molecule has 90 valence electrons. The van der Waals surface area contributed by atoms with Crippen molar-refractivity contribution in [3.05, 3.63) is 23.8 Å². The highest BCUT2D eigenvalue weighted by atomic mass is 15.2. The minimum Gasteiger partial charge on any atom is -0.297 e. The smallest absolute Gasteiger partial charge is 0.0279 e. The van der Waals surface area contributed by atoms with Crippen LogP contribution in [-0.4, -0.2) is 24.0 Å². The molecule has 0 radical (unpaired) electrons. The summed E-state index contributed by atoms with van der Waals surface area (Å²) in [6.07, 6.45) is 9.11. The van der Waals surface area contributed by atoms with Gasteiger partial charge in [0.15, 0.2) is 0 Å². The van der Waals surface area contributed by atoms with Crippen LogP contribution in [0.4, 0.5) is 0 Å². The van der Waals surface area contributed by atoms with Gasteiger partial charge in [0.2, 0.25) is 0 Å². The molecule has 1 aliphatic heterocycles. The lowest BCUT2D eigenvalue weighted by Gasteiger charge is -2.30. The van der Waals surface area contributed by atoms with E-state index in [1.165, 1.54) is 50.8 Å². The lowest BCUT2D eigenvalue weighted by molar-refractivity contribution is 0.279. The average Bonchev–Trinajstić information content (AvgIpc) is 2.81. The molecule has 1 nitrogen and oxygen atoms in total. The van der Waals surface area contributed by atoms with Gasteiger partial charge in [-0.15, -0.1) is 0 Å². The minimum absolute atomic E-state index is 0.688. The maximum atomic E-state index is 4.09. The second-order valence-electron chi connectivity index (χ2n) is 5.52. The Morgan fingerprint density at radius 1 is 1.44 bits per heavy atom. The molecule has 2 aliphatic rings. The van der Waals surface area contributed by atoms with E-state index in [2.05, 4.69) is 31.4 Å². The molecule has 2 atom stereocenters. The van der Waals surface area contributed by atoms with Gasteiger partial charge in [-0.05, 0) is 65.0 Å². The van der Waals surface area contributed by atoms with Gasteiger partial charge in [0, 0.05) is 6.04 Å². The molecule has 0 amide bonds. The summed E-state index contributed by atoms with van der Waals surface area (Å²) in [6.45, 7) is 11.3. The average molecular weight is 219 g/mol. The van der Waals surface area contributed by atoms with Crippen LogP contribution in [0.5, 0.6) is 0 Å². The predicted octanol–water partition coefficient (Wildman–Crippen LogP) is 3.77. The number of nitrogens with zero attached hydrogens (tertiary/aromatic N) is 1. The Hall–Kier alpha value is -0.560. The van der Waals surface area contributed by atoms with E-state index in [4.69, 9.17) is 0 Å². The van der Waals surface area contributed by atoms with Crippen molar-refractivity contribution in [1.82, 2.24) is 4.90 Å². The number of rotatable bonds is 3. The molecule has 0 saturated carbocycles. The Morgan fingerprint density at radius 2 is 2.12 bits per heavy atom. The Bertz CT molecular complexity index is 284. The van der Waals surface area contributed by atoms with Crippen molar-refractivity contribution in [2.45, 2.75) is 52.0 Å². The maximum absolute atomic E-state index is 4.09. The number of hydrogen-bond donors (Lipinski definition) is 0. The van der Waals surface area contributed by atoms with Crippen LogP contribution < -0.4 is 0 Å². The lowest BCUT2D eigenvalue weighted by Crippen LogP contribution is -2.32. The van der Waals surface area contributed by atoms with E-state index in [1.54, 1.807) is 5.57 Å². The van der Waals surface area contributed by atoms with E-state index in [9.17, 15) is 0 Å². The molecule has 1 heteroatoms. The van der Waals surface area contributed by atoms with Gasteiger partial charge in [0.25, 0.3) is 0 Å². The highest BCUT2D eigenvalue weighted by Crippen LogP contribution is 2.31. The van der Waals surface area contributed by atoms with Gasteiger partial charge in [0.1, 0.15) is 0 Å². The van der Waals surface area contributed by atoms with Gasteiger partial charge < -0.3 is 0 Å². The summed E-state index contributed by atoms with van der Waals surface area (Å²) < 4.78 is 0. The second kappa shape index (κ2) is 5.18. The Labute approximate surface area is 100 Å². The summed E-state index contributed by atoms with van der Waals surface area (Å²) in [7, 11) is 0. The van der Waals surface area contributed by atoms with Crippen LogP contribution in [0, 0.1) is 5.92 Å². The topological polar surface area (TPSA) is 3.24 Å².